The van der Waals surface area contributed by atoms with E-state index in [1.807, 2.05) is 13.8 Å². The molecule has 1 amide bonds. The number of hydrogen-bond donors (Lipinski definition) is 2. The van der Waals surface area contributed by atoms with E-state index < -0.39 is 11.9 Å². The molecule has 0 bridgehead atoms. The predicted molar refractivity (Wildman–Crippen MR) is 97.0 cm³/mol. The van der Waals surface area contributed by atoms with Gasteiger partial charge in [-0.1, -0.05) is 61.1 Å². The van der Waals surface area contributed by atoms with E-state index >= 15 is 0 Å². The predicted octanol–water partition coefficient (Wildman–Crippen LogP) is 4.55. The molecule has 0 radical (unpaired) electrons. The van der Waals surface area contributed by atoms with Crippen LogP contribution in [-0.2, 0) is 9.59 Å². The molecular weight excluding hydrogens is 290 g/mol. The van der Waals surface area contributed by atoms with Crippen LogP contribution in [0.2, 0.25) is 0 Å². The maximum absolute atomic E-state index is 11.0. The van der Waals surface area contributed by atoms with E-state index in [4.69, 9.17) is 10.8 Å². The highest BCUT2D eigenvalue weighted by molar-refractivity contribution is 5.92. The van der Waals surface area contributed by atoms with Gasteiger partial charge in [-0.05, 0) is 36.5 Å². The molecule has 0 spiro atoms. The summed E-state index contributed by atoms with van der Waals surface area (Å²) in [5.74, 6) is -0.677. The zero-order chi connectivity index (χ0) is 19.0. The van der Waals surface area contributed by atoms with E-state index in [9.17, 15) is 9.59 Å². The van der Waals surface area contributed by atoms with E-state index in [1.165, 1.54) is 0 Å². The Morgan fingerprint density at radius 1 is 1.17 bits per heavy atom. The van der Waals surface area contributed by atoms with Gasteiger partial charge in [0.2, 0.25) is 5.91 Å². The van der Waals surface area contributed by atoms with Crippen LogP contribution in [0.5, 0.6) is 0 Å². The molecule has 134 valence electrons. The van der Waals surface area contributed by atoms with Gasteiger partial charge >= 0.3 is 5.97 Å². The minimum Gasteiger partial charge on any atom is -0.478 e. The summed E-state index contributed by atoms with van der Waals surface area (Å²) in [5.41, 5.74) is 6.14. The van der Waals surface area contributed by atoms with Crippen molar-refractivity contribution >= 4 is 11.9 Å². The Kier molecular flexibility index (Phi) is 9.82. The quantitative estimate of drug-likeness (QED) is 0.703. The van der Waals surface area contributed by atoms with Gasteiger partial charge in [0.15, 0.2) is 0 Å². The zero-order valence-electron chi connectivity index (χ0n) is 16.1. The van der Waals surface area contributed by atoms with Crippen molar-refractivity contribution in [3.8, 4) is 0 Å². The molecule has 0 aliphatic carbocycles. The maximum Gasteiger partial charge on any atom is 0.330 e. The average molecular weight is 325 g/mol. The molecule has 0 saturated carbocycles. The molecule has 23 heavy (non-hydrogen) atoms. The molecule has 0 heterocycles. The number of hydrogen-bond acceptors (Lipinski definition) is 2. The molecule has 0 aromatic carbocycles. The lowest BCUT2D eigenvalue weighted by atomic mass is 9.72. The smallest absolute Gasteiger partial charge is 0.330 e. The van der Waals surface area contributed by atoms with Crippen LogP contribution in [0.25, 0.3) is 0 Å². The van der Waals surface area contributed by atoms with Gasteiger partial charge in [-0.2, -0.15) is 0 Å². The first-order chi connectivity index (χ1) is 10.1. The van der Waals surface area contributed by atoms with Crippen molar-refractivity contribution in [1.29, 1.82) is 0 Å². The normalized spacial score (nSPS) is 12.5. The van der Waals surface area contributed by atoms with Crippen molar-refractivity contribution in [3.05, 3.63) is 23.8 Å². The van der Waals surface area contributed by atoms with Crippen molar-refractivity contribution in [2.24, 2.45) is 22.5 Å². The first-order valence-electron chi connectivity index (χ1n) is 7.99. The van der Waals surface area contributed by atoms with Crippen LogP contribution >= 0.6 is 0 Å². The third-order valence-electron chi connectivity index (χ3n) is 3.32. The maximum atomic E-state index is 11.0. The summed E-state index contributed by atoms with van der Waals surface area (Å²) in [5, 5.41) is 8.43. The highest BCUT2D eigenvalue weighted by Gasteiger charge is 2.30. The lowest BCUT2D eigenvalue weighted by Gasteiger charge is -2.32. The summed E-state index contributed by atoms with van der Waals surface area (Å²) in [6, 6.07) is 0. The lowest BCUT2D eigenvalue weighted by Crippen LogP contribution is -2.29. The molecule has 0 aliphatic rings. The fourth-order valence-corrected chi connectivity index (χ4v) is 2.27. The van der Waals surface area contributed by atoms with E-state index in [-0.39, 0.29) is 10.8 Å². The zero-order valence-corrected chi connectivity index (χ0v) is 16.1. The molecule has 0 atom stereocenters. The topological polar surface area (TPSA) is 80.4 Å². The number of nitrogens with two attached hydrogens (primary N) is 1. The van der Waals surface area contributed by atoms with E-state index in [0.29, 0.717) is 17.1 Å². The van der Waals surface area contributed by atoms with Crippen LogP contribution in [0.3, 0.4) is 0 Å². The molecule has 3 N–H and O–H groups in total. The number of carboxylic acids is 1. The van der Waals surface area contributed by atoms with Gasteiger partial charge in [-0.15, -0.1) is 0 Å². The average Bonchev–Trinajstić information content (AvgIpc) is 2.32. The second kappa shape index (κ2) is 9.53. The van der Waals surface area contributed by atoms with Crippen LogP contribution in [0.4, 0.5) is 0 Å². The molecule has 0 saturated heterocycles. The third-order valence-corrected chi connectivity index (χ3v) is 3.32. The number of carboxylic acid groups (broad SMARTS) is 1. The molecule has 0 fully saturated rings. The van der Waals surface area contributed by atoms with Crippen molar-refractivity contribution in [3.63, 3.8) is 0 Å². The third kappa shape index (κ3) is 12.6. The SMILES string of the molecule is C/C(=C\CC(C)C)C(=O)O.C=C(C(N)=O)C(C)(C)CC(C)(C)C. The van der Waals surface area contributed by atoms with Crippen LogP contribution in [0.15, 0.2) is 23.8 Å². The number of amides is 1. The number of allylic oxidation sites excluding steroid dienone is 1. The summed E-state index contributed by atoms with van der Waals surface area (Å²) in [6.45, 7) is 19.9. The van der Waals surface area contributed by atoms with Gasteiger partial charge in [0, 0.05) is 11.1 Å². The van der Waals surface area contributed by atoms with Crippen LogP contribution < -0.4 is 5.73 Å². The second-order valence-electron chi connectivity index (χ2n) is 8.29. The molecule has 0 aromatic rings. The van der Waals surface area contributed by atoms with Crippen molar-refractivity contribution < 1.29 is 14.7 Å². The molecule has 0 rings (SSSR count). The largest absolute Gasteiger partial charge is 0.478 e. The van der Waals surface area contributed by atoms with Gasteiger partial charge in [-0.3, -0.25) is 4.79 Å². The Morgan fingerprint density at radius 3 is 1.87 bits per heavy atom. The molecule has 0 unspecified atom stereocenters. The van der Waals surface area contributed by atoms with Crippen molar-refractivity contribution in [2.75, 3.05) is 0 Å². The Bertz CT molecular complexity index is 452. The molecule has 0 aromatic heterocycles. The van der Waals surface area contributed by atoms with E-state index in [2.05, 4.69) is 41.2 Å². The summed E-state index contributed by atoms with van der Waals surface area (Å²) in [4.78, 5) is 21.2. The highest BCUT2D eigenvalue weighted by Crippen LogP contribution is 2.37. The minimum atomic E-state index is -0.819. The molecule has 4 heteroatoms. The number of primary amides is 1. The molecule has 4 nitrogen and oxygen atoms in total. The Hall–Kier alpha value is -1.58. The van der Waals surface area contributed by atoms with Crippen molar-refractivity contribution in [2.45, 2.75) is 68.2 Å². The van der Waals surface area contributed by atoms with Crippen molar-refractivity contribution in [1.82, 2.24) is 0 Å². The van der Waals surface area contributed by atoms with E-state index in [0.717, 1.165) is 12.8 Å². The number of carbonyl (C=O) groups excluding carboxylic acids is 1. The summed E-state index contributed by atoms with van der Waals surface area (Å²) in [6.07, 6.45) is 3.51. The van der Waals surface area contributed by atoms with Crippen LogP contribution in [-0.4, -0.2) is 17.0 Å². The van der Waals surface area contributed by atoms with Gasteiger partial charge in [0.1, 0.15) is 0 Å². The lowest BCUT2D eigenvalue weighted by molar-refractivity contribution is -0.132. The monoisotopic (exact) mass is 325 g/mol. The summed E-state index contributed by atoms with van der Waals surface area (Å²) >= 11 is 0. The van der Waals surface area contributed by atoms with Gasteiger partial charge in [0.05, 0.1) is 0 Å². The number of carbonyl (C=O) groups is 2. The fraction of sp³-hybridized carbons (Fsp3) is 0.684. The molecular formula is C19H35NO3. The molecule has 0 aliphatic heterocycles. The minimum absolute atomic E-state index is 0.182. The summed E-state index contributed by atoms with van der Waals surface area (Å²) < 4.78 is 0. The standard InChI is InChI=1S/C11H21NO.C8H14O2/c1-8(9(12)13)11(5,6)7-10(2,3)4;1-6(2)4-5-7(3)8(9)10/h1,7H2,2-6H3,(H2,12,13);5-6H,4H2,1-3H3,(H,9,10)/b;7-5+. The fourth-order valence-electron chi connectivity index (χ4n) is 2.27. The van der Waals surface area contributed by atoms with E-state index in [1.54, 1.807) is 13.0 Å². The van der Waals surface area contributed by atoms with Gasteiger partial charge in [0.25, 0.3) is 0 Å². The Morgan fingerprint density at radius 2 is 1.61 bits per heavy atom. The summed E-state index contributed by atoms with van der Waals surface area (Å²) in [7, 11) is 0. The number of rotatable bonds is 6. The van der Waals surface area contributed by atoms with Crippen LogP contribution in [0, 0.1) is 16.7 Å². The second-order valence-corrected chi connectivity index (χ2v) is 8.29. The number of aliphatic carboxylic acids is 1. The first kappa shape index (κ1) is 23.7. The van der Waals surface area contributed by atoms with Crippen LogP contribution in [0.1, 0.15) is 68.2 Å². The highest BCUT2D eigenvalue weighted by atomic mass is 16.4. The Balaban J connectivity index is 0. The van der Waals surface area contributed by atoms with Gasteiger partial charge in [-0.25, -0.2) is 4.79 Å². The Labute approximate surface area is 141 Å². The first-order valence-corrected chi connectivity index (χ1v) is 7.99. The van der Waals surface area contributed by atoms with Gasteiger partial charge < -0.3 is 10.8 Å².